The molecule has 0 aliphatic rings. The number of rotatable bonds is 10. The summed E-state index contributed by atoms with van der Waals surface area (Å²) in [6.07, 6.45) is 0. The molecule has 0 bridgehead atoms. The lowest BCUT2D eigenvalue weighted by atomic mass is 9.82. The normalized spacial score (nSPS) is 11.5. The highest BCUT2D eigenvalue weighted by Gasteiger charge is 2.21. The first-order valence-corrected chi connectivity index (χ1v) is 25.0. The van der Waals surface area contributed by atoms with Crippen molar-refractivity contribution in [3.05, 3.63) is 279 Å². The smallest absolute Gasteiger partial charge is 0.0462 e. The highest BCUT2D eigenvalue weighted by molar-refractivity contribution is 6.24. The molecule has 0 aromatic heterocycles. The summed E-state index contributed by atoms with van der Waals surface area (Å²) in [5.41, 5.74) is 17.6. The minimum atomic E-state index is -0.0274. The molecule has 72 heavy (non-hydrogen) atoms. The number of nitrogens with zero attached hydrogens (tertiary/aromatic N) is 2. The molecule has 12 rings (SSSR count). The minimum Gasteiger partial charge on any atom is -0.311 e. The van der Waals surface area contributed by atoms with Crippen molar-refractivity contribution >= 4 is 66.4 Å². The van der Waals surface area contributed by atoms with Crippen LogP contribution in [0.5, 0.6) is 0 Å². The molecule has 0 heterocycles. The van der Waals surface area contributed by atoms with Crippen molar-refractivity contribution in [3.8, 4) is 44.5 Å². The van der Waals surface area contributed by atoms with E-state index in [0.29, 0.717) is 0 Å². The molecule has 12 aromatic rings. The van der Waals surface area contributed by atoms with Crippen molar-refractivity contribution in [2.45, 2.75) is 26.2 Å². The highest BCUT2D eigenvalue weighted by Crippen LogP contribution is 2.45. The second-order valence-electron chi connectivity index (χ2n) is 19.8. The average molecular weight is 923 g/mol. The molecule has 0 saturated heterocycles. The van der Waals surface area contributed by atoms with Gasteiger partial charge in [-0.3, -0.25) is 0 Å². The topological polar surface area (TPSA) is 6.48 Å². The SMILES string of the molecule is CC(C)(C)c1ccc2c(-c3ccc(N(c4ccccc4)c4ccc(-c5ccccc5)cc4)cc3)cc3c4ccccc4c(-c4ccc(N(c5ccccc5)c5ccc(-c6ccccc6)cc5)cc4)cc3c2c1. The van der Waals surface area contributed by atoms with E-state index in [1.807, 2.05) is 0 Å². The van der Waals surface area contributed by atoms with Crippen molar-refractivity contribution in [3.63, 3.8) is 0 Å². The Kier molecular flexibility index (Phi) is 11.5. The summed E-state index contributed by atoms with van der Waals surface area (Å²) in [4.78, 5) is 4.69. The van der Waals surface area contributed by atoms with Gasteiger partial charge >= 0.3 is 0 Å². The number of hydrogen-bond donors (Lipinski definition) is 0. The molecular weight excluding hydrogens is 869 g/mol. The summed E-state index contributed by atoms with van der Waals surface area (Å²) in [7, 11) is 0. The highest BCUT2D eigenvalue weighted by atomic mass is 15.1. The predicted octanol–water partition coefficient (Wildman–Crippen LogP) is 20.1. The van der Waals surface area contributed by atoms with E-state index in [4.69, 9.17) is 0 Å². The lowest BCUT2D eigenvalue weighted by Gasteiger charge is -2.26. The maximum Gasteiger partial charge on any atom is 0.0462 e. The second kappa shape index (κ2) is 18.7. The Morgan fingerprint density at radius 2 is 0.514 bits per heavy atom. The predicted molar refractivity (Wildman–Crippen MR) is 309 cm³/mol. The first-order chi connectivity index (χ1) is 35.3. The Morgan fingerprint density at radius 3 is 0.917 bits per heavy atom. The molecule has 2 heteroatoms. The van der Waals surface area contributed by atoms with Crippen molar-refractivity contribution in [2.24, 2.45) is 0 Å². The number of para-hydroxylation sites is 2. The van der Waals surface area contributed by atoms with Crippen LogP contribution in [0.25, 0.3) is 76.8 Å². The van der Waals surface area contributed by atoms with Crippen LogP contribution in [0.2, 0.25) is 0 Å². The van der Waals surface area contributed by atoms with E-state index in [9.17, 15) is 0 Å². The van der Waals surface area contributed by atoms with Crippen LogP contribution in [0.15, 0.2) is 273 Å². The Labute approximate surface area is 423 Å². The molecular formula is C70H54N2. The maximum absolute atomic E-state index is 2.45. The number of fused-ring (bicyclic) bond motifs is 5. The molecule has 0 aliphatic carbocycles. The molecule has 0 spiro atoms. The first kappa shape index (κ1) is 44.2. The van der Waals surface area contributed by atoms with Gasteiger partial charge in [-0.2, -0.15) is 0 Å². The van der Waals surface area contributed by atoms with Crippen molar-refractivity contribution in [1.82, 2.24) is 0 Å². The van der Waals surface area contributed by atoms with Crippen LogP contribution in [0.1, 0.15) is 26.3 Å². The zero-order valence-electron chi connectivity index (χ0n) is 40.9. The van der Waals surface area contributed by atoms with E-state index in [0.717, 1.165) is 34.1 Å². The van der Waals surface area contributed by atoms with Crippen LogP contribution < -0.4 is 9.80 Å². The summed E-state index contributed by atoms with van der Waals surface area (Å²) in [5, 5.41) is 7.50. The molecule has 2 nitrogen and oxygen atoms in total. The van der Waals surface area contributed by atoms with E-state index in [2.05, 4.69) is 304 Å². The van der Waals surface area contributed by atoms with E-state index < -0.39 is 0 Å². The van der Waals surface area contributed by atoms with Gasteiger partial charge in [-0.15, -0.1) is 0 Å². The van der Waals surface area contributed by atoms with Gasteiger partial charge < -0.3 is 9.80 Å². The molecule has 0 atom stereocenters. The van der Waals surface area contributed by atoms with Crippen LogP contribution in [0.4, 0.5) is 34.1 Å². The van der Waals surface area contributed by atoms with Crippen LogP contribution >= 0.6 is 0 Å². The number of hydrogen-bond acceptors (Lipinski definition) is 2. The monoisotopic (exact) mass is 922 g/mol. The van der Waals surface area contributed by atoms with Crippen LogP contribution in [0, 0.1) is 0 Å². The third-order valence-corrected chi connectivity index (χ3v) is 14.2. The molecule has 0 fully saturated rings. The summed E-state index contributed by atoms with van der Waals surface area (Å²) in [6.45, 7) is 6.93. The Bertz CT molecular complexity index is 3820. The third kappa shape index (κ3) is 8.48. The van der Waals surface area contributed by atoms with Gasteiger partial charge in [0.1, 0.15) is 0 Å². The Balaban J connectivity index is 0.958. The number of benzene rings is 12. The van der Waals surface area contributed by atoms with Gasteiger partial charge in [0.25, 0.3) is 0 Å². The molecule has 0 saturated carbocycles. The summed E-state index contributed by atoms with van der Waals surface area (Å²) in [5.74, 6) is 0. The van der Waals surface area contributed by atoms with Crippen LogP contribution in [-0.4, -0.2) is 0 Å². The van der Waals surface area contributed by atoms with Gasteiger partial charge in [0.15, 0.2) is 0 Å². The van der Waals surface area contributed by atoms with E-state index in [1.165, 1.54) is 82.4 Å². The van der Waals surface area contributed by atoms with Crippen molar-refractivity contribution in [1.29, 1.82) is 0 Å². The zero-order chi connectivity index (χ0) is 48.6. The lowest BCUT2D eigenvalue weighted by Crippen LogP contribution is -2.10. The van der Waals surface area contributed by atoms with E-state index >= 15 is 0 Å². The van der Waals surface area contributed by atoms with Gasteiger partial charge in [-0.05, 0) is 179 Å². The third-order valence-electron chi connectivity index (χ3n) is 14.2. The van der Waals surface area contributed by atoms with Crippen LogP contribution in [-0.2, 0) is 5.41 Å². The molecule has 0 amide bonds. The lowest BCUT2D eigenvalue weighted by molar-refractivity contribution is 0.591. The van der Waals surface area contributed by atoms with Crippen molar-refractivity contribution < 1.29 is 0 Å². The van der Waals surface area contributed by atoms with Crippen LogP contribution in [0.3, 0.4) is 0 Å². The largest absolute Gasteiger partial charge is 0.311 e. The fourth-order valence-corrected chi connectivity index (χ4v) is 10.4. The molecule has 344 valence electrons. The molecule has 0 N–H and O–H groups in total. The van der Waals surface area contributed by atoms with E-state index in [-0.39, 0.29) is 5.41 Å². The molecule has 0 radical (unpaired) electrons. The van der Waals surface area contributed by atoms with Gasteiger partial charge in [0, 0.05) is 34.1 Å². The van der Waals surface area contributed by atoms with Crippen molar-refractivity contribution in [2.75, 3.05) is 9.80 Å². The van der Waals surface area contributed by atoms with Gasteiger partial charge in [-0.25, -0.2) is 0 Å². The first-order valence-electron chi connectivity index (χ1n) is 25.0. The van der Waals surface area contributed by atoms with E-state index in [1.54, 1.807) is 0 Å². The van der Waals surface area contributed by atoms with Gasteiger partial charge in [-0.1, -0.05) is 203 Å². The Morgan fingerprint density at radius 1 is 0.222 bits per heavy atom. The quantitative estimate of drug-likeness (QED) is 0.126. The zero-order valence-corrected chi connectivity index (χ0v) is 40.9. The summed E-state index contributed by atoms with van der Waals surface area (Å²) < 4.78 is 0. The molecule has 0 unspecified atom stereocenters. The maximum atomic E-state index is 2.45. The second-order valence-corrected chi connectivity index (χ2v) is 19.8. The summed E-state index contributed by atoms with van der Waals surface area (Å²) in [6, 6.07) is 99.6. The molecule has 0 aliphatic heterocycles. The minimum absolute atomic E-state index is 0.0274. The van der Waals surface area contributed by atoms with Gasteiger partial charge in [0.05, 0.1) is 0 Å². The fourth-order valence-electron chi connectivity index (χ4n) is 10.4. The Hall–Kier alpha value is -8.98. The molecule has 12 aromatic carbocycles. The average Bonchev–Trinajstić information content (AvgIpc) is 3.44. The fraction of sp³-hybridized carbons (Fsp3) is 0.0571. The standard InChI is InChI=1S/C70H54N2/c1-70(2,3)55-36-45-64-66(54-34-43-61(44-35-54)72(57-24-14-7-15-25-57)59-39-30-52(31-40-59)50-20-10-5-11-21-50)47-68-63-27-17-16-26-62(63)65(48-69(68)67(64)46-55)53-32-41-60(42-33-53)71(56-22-12-6-13-23-56)58-37-28-51(29-38-58)49-18-8-4-9-19-49/h4-48H,1-3H3. The number of anilines is 6. The van der Waals surface area contributed by atoms with Gasteiger partial charge in [0.2, 0.25) is 0 Å². The summed E-state index contributed by atoms with van der Waals surface area (Å²) >= 11 is 0.